The Morgan fingerprint density at radius 2 is 1.79 bits per heavy atom. The second-order valence-electron chi connectivity index (χ2n) is 3.82. The summed E-state index contributed by atoms with van der Waals surface area (Å²) >= 11 is 3.45. The van der Waals surface area contributed by atoms with Crippen molar-refractivity contribution in [2.75, 3.05) is 0 Å². The van der Waals surface area contributed by atoms with E-state index in [9.17, 15) is 0 Å². The van der Waals surface area contributed by atoms with E-state index in [0.717, 1.165) is 16.8 Å². The van der Waals surface area contributed by atoms with Gasteiger partial charge in [0.25, 0.3) is 0 Å². The van der Waals surface area contributed by atoms with Crippen LogP contribution in [0.3, 0.4) is 0 Å². The molecule has 0 unspecified atom stereocenters. The lowest BCUT2D eigenvalue weighted by Crippen LogP contribution is -1.80. The van der Waals surface area contributed by atoms with Crippen molar-refractivity contribution < 1.29 is 0 Å². The number of halogens is 1. The summed E-state index contributed by atoms with van der Waals surface area (Å²) in [7, 11) is 0. The van der Waals surface area contributed by atoms with Crippen LogP contribution in [0.25, 0.3) is 0 Å². The van der Waals surface area contributed by atoms with Crippen molar-refractivity contribution in [2.45, 2.75) is 27.2 Å². The van der Waals surface area contributed by atoms with Crippen LogP contribution in [0.4, 0.5) is 0 Å². The summed E-state index contributed by atoms with van der Waals surface area (Å²) in [6, 6.07) is 8.17. The first kappa shape index (κ1) is 13.4. The summed E-state index contributed by atoms with van der Waals surface area (Å²) in [5.41, 5.74) is 1.29. The summed E-state index contributed by atoms with van der Waals surface area (Å²) < 4.78 is 1.16. The molecular weight excluding hydrogens is 236 g/mol. The SMILES string of the molecule is C=CCc1ccccc1Br.CC(C)C. The fraction of sp³-hybridized carbons (Fsp3) is 0.385. The minimum atomic E-state index is 0.833. The molecule has 0 saturated carbocycles. The van der Waals surface area contributed by atoms with Gasteiger partial charge >= 0.3 is 0 Å². The van der Waals surface area contributed by atoms with Gasteiger partial charge < -0.3 is 0 Å². The number of allylic oxidation sites excluding steroid dienone is 1. The van der Waals surface area contributed by atoms with Crippen LogP contribution in [0.15, 0.2) is 41.4 Å². The Morgan fingerprint density at radius 1 is 1.29 bits per heavy atom. The Balaban J connectivity index is 0.000000364. The van der Waals surface area contributed by atoms with Crippen LogP contribution in [-0.4, -0.2) is 0 Å². The molecule has 1 aromatic carbocycles. The molecule has 0 N–H and O–H groups in total. The summed E-state index contributed by atoms with van der Waals surface area (Å²) in [6.45, 7) is 10.2. The van der Waals surface area contributed by atoms with Crippen LogP contribution in [0, 0.1) is 5.92 Å². The zero-order chi connectivity index (χ0) is 11.0. The van der Waals surface area contributed by atoms with Gasteiger partial charge in [0.2, 0.25) is 0 Å². The third-order valence-corrected chi connectivity index (χ3v) is 2.10. The molecule has 0 fully saturated rings. The first-order valence-electron chi connectivity index (χ1n) is 4.92. The van der Waals surface area contributed by atoms with Gasteiger partial charge in [-0.15, -0.1) is 6.58 Å². The van der Waals surface area contributed by atoms with E-state index >= 15 is 0 Å². The van der Waals surface area contributed by atoms with E-state index in [-0.39, 0.29) is 0 Å². The molecule has 0 aromatic heterocycles. The maximum Gasteiger partial charge on any atom is 0.0210 e. The molecule has 0 aliphatic carbocycles. The molecule has 0 radical (unpaired) electrons. The predicted octanol–water partition coefficient (Wildman–Crippen LogP) is 4.84. The lowest BCUT2D eigenvalue weighted by atomic mass is 10.2. The zero-order valence-electron chi connectivity index (χ0n) is 9.26. The molecule has 0 aliphatic rings. The highest BCUT2D eigenvalue weighted by atomic mass is 79.9. The Hall–Kier alpha value is -0.560. The number of rotatable bonds is 2. The van der Waals surface area contributed by atoms with Crippen LogP contribution >= 0.6 is 15.9 Å². The molecule has 0 aliphatic heterocycles. The van der Waals surface area contributed by atoms with Crippen LogP contribution < -0.4 is 0 Å². The summed E-state index contributed by atoms with van der Waals surface area (Å²) in [5.74, 6) is 0.833. The van der Waals surface area contributed by atoms with Crippen molar-refractivity contribution in [3.63, 3.8) is 0 Å². The van der Waals surface area contributed by atoms with Crippen LogP contribution in [-0.2, 0) is 6.42 Å². The molecule has 0 bridgehead atoms. The van der Waals surface area contributed by atoms with Crippen LogP contribution in [0.1, 0.15) is 26.3 Å². The molecule has 1 heteroatoms. The van der Waals surface area contributed by atoms with E-state index in [1.807, 2.05) is 24.3 Å². The second kappa shape index (κ2) is 7.81. The predicted molar refractivity (Wildman–Crippen MR) is 68.6 cm³/mol. The highest BCUT2D eigenvalue weighted by molar-refractivity contribution is 9.10. The van der Waals surface area contributed by atoms with Gasteiger partial charge in [0.05, 0.1) is 0 Å². The normalized spacial score (nSPS) is 9.21. The third-order valence-electron chi connectivity index (χ3n) is 1.32. The van der Waals surface area contributed by atoms with Gasteiger partial charge in [-0.1, -0.05) is 61.0 Å². The highest BCUT2D eigenvalue weighted by Crippen LogP contribution is 2.15. The van der Waals surface area contributed by atoms with Crippen molar-refractivity contribution in [2.24, 2.45) is 5.92 Å². The van der Waals surface area contributed by atoms with E-state index < -0.39 is 0 Å². The third kappa shape index (κ3) is 6.90. The molecule has 14 heavy (non-hydrogen) atoms. The minimum absolute atomic E-state index is 0.833. The fourth-order valence-electron chi connectivity index (χ4n) is 0.819. The maximum atomic E-state index is 3.68. The van der Waals surface area contributed by atoms with E-state index in [1.165, 1.54) is 5.56 Å². The molecule has 78 valence electrons. The van der Waals surface area contributed by atoms with Gasteiger partial charge in [-0.05, 0) is 24.0 Å². The molecule has 0 spiro atoms. The van der Waals surface area contributed by atoms with Crippen LogP contribution in [0.2, 0.25) is 0 Å². The van der Waals surface area contributed by atoms with E-state index in [4.69, 9.17) is 0 Å². The molecule has 1 aromatic rings. The molecular formula is C13H19Br. The highest BCUT2D eigenvalue weighted by Gasteiger charge is 1.92. The number of hydrogen-bond acceptors (Lipinski definition) is 0. The van der Waals surface area contributed by atoms with E-state index in [0.29, 0.717) is 0 Å². The number of benzene rings is 1. The van der Waals surface area contributed by atoms with Gasteiger partial charge in [0.1, 0.15) is 0 Å². The standard InChI is InChI=1S/C9H9Br.C4H10/c1-2-5-8-6-3-4-7-9(8)10;1-4(2)3/h2-4,6-7H,1,5H2;4H,1-3H3. The summed E-state index contributed by atoms with van der Waals surface area (Å²) in [4.78, 5) is 0. The first-order valence-corrected chi connectivity index (χ1v) is 5.71. The smallest absolute Gasteiger partial charge is 0.0210 e. The first-order chi connectivity index (χ1) is 6.57. The Labute approximate surface area is 96.2 Å². The second-order valence-corrected chi connectivity index (χ2v) is 4.67. The zero-order valence-corrected chi connectivity index (χ0v) is 10.8. The van der Waals surface area contributed by atoms with Gasteiger partial charge in [0, 0.05) is 4.47 Å². The Morgan fingerprint density at radius 3 is 2.21 bits per heavy atom. The van der Waals surface area contributed by atoms with Crippen molar-refractivity contribution in [1.82, 2.24) is 0 Å². The average Bonchev–Trinajstić information content (AvgIpc) is 2.08. The molecule has 0 amide bonds. The lowest BCUT2D eigenvalue weighted by molar-refractivity contribution is 0.737. The Bertz CT molecular complexity index is 261. The topological polar surface area (TPSA) is 0 Å². The number of hydrogen-bond donors (Lipinski definition) is 0. The molecule has 1 rings (SSSR count). The van der Waals surface area contributed by atoms with Crippen molar-refractivity contribution in [1.29, 1.82) is 0 Å². The van der Waals surface area contributed by atoms with Crippen LogP contribution in [0.5, 0.6) is 0 Å². The van der Waals surface area contributed by atoms with Gasteiger partial charge in [-0.3, -0.25) is 0 Å². The summed E-state index contributed by atoms with van der Waals surface area (Å²) in [6.07, 6.45) is 2.83. The van der Waals surface area contributed by atoms with E-state index in [1.54, 1.807) is 0 Å². The van der Waals surface area contributed by atoms with Gasteiger partial charge in [-0.25, -0.2) is 0 Å². The molecule has 0 atom stereocenters. The Kier molecular flexibility index (Phi) is 7.50. The lowest BCUT2D eigenvalue weighted by Gasteiger charge is -1.97. The quantitative estimate of drug-likeness (QED) is 0.663. The maximum absolute atomic E-state index is 3.68. The largest absolute Gasteiger partial charge is 0.103 e. The van der Waals surface area contributed by atoms with Crippen molar-refractivity contribution >= 4 is 15.9 Å². The van der Waals surface area contributed by atoms with E-state index in [2.05, 4.69) is 49.3 Å². The van der Waals surface area contributed by atoms with Gasteiger partial charge in [-0.2, -0.15) is 0 Å². The minimum Gasteiger partial charge on any atom is -0.103 e. The molecule has 0 saturated heterocycles. The van der Waals surface area contributed by atoms with Crippen molar-refractivity contribution in [3.05, 3.63) is 47.0 Å². The average molecular weight is 255 g/mol. The van der Waals surface area contributed by atoms with Gasteiger partial charge in [0.15, 0.2) is 0 Å². The van der Waals surface area contributed by atoms with Crippen molar-refractivity contribution in [3.8, 4) is 0 Å². The molecule has 0 heterocycles. The molecule has 0 nitrogen and oxygen atoms in total. The monoisotopic (exact) mass is 254 g/mol. The fourth-order valence-corrected chi connectivity index (χ4v) is 1.27. The summed E-state index contributed by atoms with van der Waals surface area (Å²) in [5, 5.41) is 0.